The fraction of sp³-hybridized carbons (Fsp3) is 0. The monoisotopic (exact) mass is 211 g/mol. The molecule has 0 aliphatic carbocycles. The van der Waals surface area contributed by atoms with E-state index in [-0.39, 0.29) is 0 Å². The standard InChI is InChI=1S/C4H5N3.C4H4O4/c5-4-6-2-1-3-7-4;5-3(6)1-2-4(7)8/h1-3H,(H2,5,6,7);1-2H,(H,5,6)(H,7,8)/b;2-1-. The lowest BCUT2D eigenvalue weighted by atomic mass is 10.5. The summed E-state index contributed by atoms with van der Waals surface area (Å²) in [5.41, 5.74) is 5.14. The second kappa shape index (κ2) is 7.01. The SMILES string of the molecule is Nc1ncccn1.O=C(O)/C=C\C(=O)O. The maximum Gasteiger partial charge on any atom is 0.328 e. The van der Waals surface area contributed by atoms with E-state index in [0.717, 1.165) is 0 Å². The predicted molar refractivity (Wildman–Crippen MR) is 50.9 cm³/mol. The largest absolute Gasteiger partial charge is 0.478 e. The molecule has 0 fully saturated rings. The molecule has 80 valence electrons. The number of carbonyl (C=O) groups is 2. The van der Waals surface area contributed by atoms with Crippen LogP contribution in [0.2, 0.25) is 0 Å². The van der Waals surface area contributed by atoms with E-state index in [1.54, 1.807) is 18.5 Å². The van der Waals surface area contributed by atoms with E-state index in [1.807, 2.05) is 0 Å². The number of aliphatic carboxylic acids is 2. The minimum atomic E-state index is -1.26. The molecule has 1 aromatic heterocycles. The quantitative estimate of drug-likeness (QED) is 0.576. The van der Waals surface area contributed by atoms with Gasteiger partial charge in [0.15, 0.2) is 0 Å². The van der Waals surface area contributed by atoms with E-state index in [2.05, 4.69) is 9.97 Å². The van der Waals surface area contributed by atoms with Crippen molar-refractivity contribution < 1.29 is 19.8 Å². The molecule has 7 nitrogen and oxygen atoms in total. The Morgan fingerprint density at radius 3 is 1.73 bits per heavy atom. The summed E-state index contributed by atoms with van der Waals surface area (Å²) < 4.78 is 0. The van der Waals surface area contributed by atoms with Gasteiger partial charge in [-0.25, -0.2) is 19.6 Å². The van der Waals surface area contributed by atoms with Crippen molar-refractivity contribution in [1.82, 2.24) is 9.97 Å². The highest BCUT2D eigenvalue weighted by Crippen LogP contribution is 1.81. The van der Waals surface area contributed by atoms with Gasteiger partial charge in [0.1, 0.15) is 0 Å². The van der Waals surface area contributed by atoms with Gasteiger partial charge >= 0.3 is 11.9 Å². The summed E-state index contributed by atoms with van der Waals surface area (Å²) in [4.78, 5) is 26.4. The van der Waals surface area contributed by atoms with Gasteiger partial charge in [0, 0.05) is 24.5 Å². The third kappa shape index (κ3) is 9.47. The number of nitrogen functional groups attached to an aromatic ring is 1. The molecular weight excluding hydrogens is 202 g/mol. The minimum Gasteiger partial charge on any atom is -0.478 e. The molecule has 0 unspecified atom stereocenters. The van der Waals surface area contributed by atoms with Crippen molar-refractivity contribution in [2.75, 3.05) is 5.73 Å². The van der Waals surface area contributed by atoms with Crippen LogP contribution in [-0.2, 0) is 9.59 Å². The zero-order chi connectivity index (χ0) is 11.7. The molecule has 0 saturated carbocycles. The van der Waals surface area contributed by atoms with Gasteiger partial charge in [-0.2, -0.15) is 0 Å². The lowest BCUT2D eigenvalue weighted by molar-refractivity contribution is -0.134. The van der Waals surface area contributed by atoms with Gasteiger partial charge in [0.05, 0.1) is 0 Å². The lowest BCUT2D eigenvalue weighted by Crippen LogP contribution is -1.91. The summed E-state index contributed by atoms with van der Waals surface area (Å²) >= 11 is 0. The van der Waals surface area contributed by atoms with Gasteiger partial charge in [-0.15, -0.1) is 0 Å². The average molecular weight is 211 g/mol. The van der Waals surface area contributed by atoms with Crippen LogP contribution in [0.15, 0.2) is 30.6 Å². The number of anilines is 1. The predicted octanol–water partition coefficient (Wildman–Crippen LogP) is -0.229. The van der Waals surface area contributed by atoms with Crippen molar-refractivity contribution >= 4 is 17.9 Å². The van der Waals surface area contributed by atoms with Gasteiger partial charge in [-0.3, -0.25) is 0 Å². The second-order valence-corrected chi connectivity index (χ2v) is 2.12. The van der Waals surface area contributed by atoms with Crippen LogP contribution in [0.4, 0.5) is 5.95 Å². The molecule has 0 saturated heterocycles. The smallest absolute Gasteiger partial charge is 0.328 e. The number of hydrogen-bond donors (Lipinski definition) is 3. The molecular formula is C8H9N3O4. The maximum absolute atomic E-state index is 9.55. The van der Waals surface area contributed by atoms with E-state index >= 15 is 0 Å². The topological polar surface area (TPSA) is 126 Å². The third-order valence-electron chi connectivity index (χ3n) is 0.954. The van der Waals surface area contributed by atoms with Gasteiger partial charge in [0.25, 0.3) is 0 Å². The van der Waals surface area contributed by atoms with Gasteiger partial charge in [-0.1, -0.05) is 0 Å². The van der Waals surface area contributed by atoms with Crippen molar-refractivity contribution in [3.05, 3.63) is 30.6 Å². The molecule has 0 aliphatic heterocycles. The fourth-order valence-corrected chi connectivity index (χ4v) is 0.453. The van der Waals surface area contributed by atoms with Gasteiger partial charge in [-0.05, 0) is 6.07 Å². The highest BCUT2D eigenvalue weighted by atomic mass is 16.4. The van der Waals surface area contributed by atoms with Crippen molar-refractivity contribution in [2.24, 2.45) is 0 Å². The molecule has 0 bridgehead atoms. The van der Waals surface area contributed by atoms with Crippen molar-refractivity contribution in [3.8, 4) is 0 Å². The highest BCUT2D eigenvalue weighted by molar-refractivity contribution is 5.89. The maximum atomic E-state index is 9.55. The summed E-state index contributed by atoms with van der Waals surface area (Å²) in [5.74, 6) is -2.19. The van der Waals surface area contributed by atoms with E-state index in [4.69, 9.17) is 15.9 Å². The Morgan fingerprint density at radius 2 is 1.53 bits per heavy atom. The number of carboxylic acid groups (broad SMARTS) is 2. The number of nitrogens with two attached hydrogens (primary N) is 1. The molecule has 0 atom stereocenters. The third-order valence-corrected chi connectivity index (χ3v) is 0.954. The summed E-state index contributed by atoms with van der Waals surface area (Å²) in [7, 11) is 0. The molecule has 0 aliphatic rings. The molecule has 0 aromatic carbocycles. The lowest BCUT2D eigenvalue weighted by Gasteiger charge is -1.82. The van der Waals surface area contributed by atoms with Crippen LogP contribution >= 0.6 is 0 Å². The first kappa shape index (κ1) is 12.6. The molecule has 1 aromatic rings. The molecule has 4 N–H and O–H groups in total. The van der Waals surface area contributed by atoms with Crippen LogP contribution in [0.25, 0.3) is 0 Å². The van der Waals surface area contributed by atoms with Gasteiger partial charge in [0.2, 0.25) is 5.95 Å². The van der Waals surface area contributed by atoms with Gasteiger partial charge < -0.3 is 15.9 Å². The number of hydrogen-bond acceptors (Lipinski definition) is 5. The van der Waals surface area contributed by atoms with Crippen molar-refractivity contribution in [2.45, 2.75) is 0 Å². The summed E-state index contributed by atoms with van der Waals surface area (Å²) in [6.07, 6.45) is 4.31. The molecule has 1 heterocycles. The summed E-state index contributed by atoms with van der Waals surface area (Å²) in [6, 6.07) is 1.72. The zero-order valence-electron chi connectivity index (χ0n) is 7.57. The first-order valence-corrected chi connectivity index (χ1v) is 3.69. The number of carboxylic acids is 2. The van der Waals surface area contributed by atoms with E-state index in [9.17, 15) is 9.59 Å². The van der Waals surface area contributed by atoms with E-state index in [1.165, 1.54) is 0 Å². The first-order valence-electron chi connectivity index (χ1n) is 3.69. The van der Waals surface area contributed by atoms with E-state index in [0.29, 0.717) is 18.1 Å². The number of rotatable bonds is 2. The molecule has 0 amide bonds. The molecule has 0 radical (unpaired) electrons. The van der Waals surface area contributed by atoms with Crippen LogP contribution in [0.5, 0.6) is 0 Å². The van der Waals surface area contributed by atoms with Crippen LogP contribution in [0.1, 0.15) is 0 Å². The Labute approximate surface area is 84.9 Å². The summed E-state index contributed by atoms with van der Waals surface area (Å²) in [5, 5.41) is 15.6. The summed E-state index contributed by atoms with van der Waals surface area (Å²) in [6.45, 7) is 0. The Bertz CT molecular complexity index is 334. The minimum absolute atomic E-state index is 0.322. The van der Waals surface area contributed by atoms with Crippen LogP contribution < -0.4 is 5.73 Å². The Morgan fingerprint density at radius 1 is 1.13 bits per heavy atom. The van der Waals surface area contributed by atoms with Crippen LogP contribution in [0, 0.1) is 0 Å². The zero-order valence-corrected chi connectivity index (χ0v) is 7.57. The molecule has 7 heteroatoms. The fourth-order valence-electron chi connectivity index (χ4n) is 0.453. The normalized spacial score (nSPS) is 9.07. The Hall–Kier alpha value is -2.44. The van der Waals surface area contributed by atoms with Crippen molar-refractivity contribution in [1.29, 1.82) is 0 Å². The molecule has 1 rings (SSSR count). The second-order valence-electron chi connectivity index (χ2n) is 2.12. The van der Waals surface area contributed by atoms with E-state index < -0.39 is 11.9 Å². The highest BCUT2D eigenvalue weighted by Gasteiger charge is 1.88. The van der Waals surface area contributed by atoms with Crippen LogP contribution in [-0.4, -0.2) is 32.1 Å². The molecule has 15 heavy (non-hydrogen) atoms. The average Bonchev–Trinajstić information content (AvgIpc) is 2.17. The number of nitrogens with zero attached hydrogens (tertiary/aromatic N) is 2. The number of aromatic nitrogens is 2. The molecule has 0 spiro atoms. The van der Waals surface area contributed by atoms with Crippen molar-refractivity contribution in [3.63, 3.8) is 0 Å². The Balaban J connectivity index is 0.000000262. The Kier molecular flexibility index (Phi) is 5.87. The first-order chi connectivity index (χ1) is 7.02. The van der Waals surface area contributed by atoms with Crippen LogP contribution in [0.3, 0.4) is 0 Å².